The van der Waals surface area contributed by atoms with Gasteiger partial charge in [-0.3, -0.25) is 4.79 Å². The Balaban J connectivity index is 1.92. The van der Waals surface area contributed by atoms with Gasteiger partial charge in [0.05, 0.1) is 17.8 Å². The van der Waals surface area contributed by atoms with Crippen LogP contribution in [0.4, 0.5) is 5.69 Å². The lowest BCUT2D eigenvalue weighted by Gasteiger charge is -2.35. The largest absolute Gasteiger partial charge is 0.399 e. The minimum absolute atomic E-state index is 0.0445. The van der Waals surface area contributed by atoms with Crippen molar-refractivity contribution in [2.45, 2.75) is 26.1 Å². The maximum Gasteiger partial charge on any atom is 0.256 e. The van der Waals surface area contributed by atoms with Gasteiger partial charge in [0.1, 0.15) is 0 Å². The number of ether oxygens (including phenoxy) is 1. The van der Waals surface area contributed by atoms with Gasteiger partial charge < -0.3 is 20.4 Å². The zero-order valence-electron chi connectivity index (χ0n) is 11.7. The predicted molar refractivity (Wildman–Crippen MR) is 78.6 cm³/mol. The number of nitrogens with two attached hydrogens (primary N) is 1. The minimum Gasteiger partial charge on any atom is -0.399 e. The summed E-state index contributed by atoms with van der Waals surface area (Å²) in [5.74, 6) is 0.0445. The first kappa shape index (κ1) is 13.0. The highest BCUT2D eigenvalue weighted by Gasteiger charge is 2.27. The summed E-state index contributed by atoms with van der Waals surface area (Å²) >= 11 is 0. The first-order valence-electron chi connectivity index (χ1n) is 6.86. The number of aromatic nitrogens is 1. The smallest absolute Gasteiger partial charge is 0.256 e. The van der Waals surface area contributed by atoms with Crippen LogP contribution in [0.2, 0.25) is 0 Å². The number of morpholine rings is 1. The van der Waals surface area contributed by atoms with Gasteiger partial charge in [0, 0.05) is 35.9 Å². The summed E-state index contributed by atoms with van der Waals surface area (Å²) in [4.78, 5) is 17.6. The number of nitrogens with one attached hydrogen (secondary N) is 1. The number of aromatic amines is 1. The van der Waals surface area contributed by atoms with E-state index in [0.29, 0.717) is 24.3 Å². The normalized spacial score (nSPS) is 23.2. The standard InChI is InChI=1S/C15H19N3O2/c1-9-7-18(8-10(2)20-9)15(19)13-6-17-14-5-11(16)3-4-12(13)14/h3-6,9-10,17H,7-8,16H2,1-2H3/t9-,10+. The van der Waals surface area contributed by atoms with Crippen molar-refractivity contribution >= 4 is 22.5 Å². The van der Waals surface area contributed by atoms with E-state index in [0.717, 1.165) is 10.9 Å². The van der Waals surface area contributed by atoms with Crippen molar-refractivity contribution in [1.82, 2.24) is 9.88 Å². The fourth-order valence-electron chi connectivity index (χ4n) is 2.83. The molecule has 106 valence electrons. The van der Waals surface area contributed by atoms with Crippen molar-refractivity contribution in [2.75, 3.05) is 18.8 Å². The van der Waals surface area contributed by atoms with Gasteiger partial charge in [0.25, 0.3) is 5.91 Å². The lowest BCUT2D eigenvalue weighted by atomic mass is 10.1. The average Bonchev–Trinajstić information content (AvgIpc) is 2.79. The molecule has 0 bridgehead atoms. The highest BCUT2D eigenvalue weighted by molar-refractivity contribution is 6.07. The quantitative estimate of drug-likeness (QED) is 0.781. The van der Waals surface area contributed by atoms with Gasteiger partial charge in [-0.25, -0.2) is 0 Å². The number of amides is 1. The highest BCUT2D eigenvalue weighted by Crippen LogP contribution is 2.23. The van der Waals surface area contributed by atoms with Gasteiger partial charge in [0.15, 0.2) is 0 Å². The van der Waals surface area contributed by atoms with E-state index in [2.05, 4.69) is 4.98 Å². The molecule has 1 fully saturated rings. The second-order valence-corrected chi connectivity index (χ2v) is 5.47. The Kier molecular flexibility index (Phi) is 3.14. The van der Waals surface area contributed by atoms with E-state index >= 15 is 0 Å². The number of fused-ring (bicyclic) bond motifs is 1. The Hall–Kier alpha value is -2.01. The second-order valence-electron chi connectivity index (χ2n) is 5.47. The Morgan fingerprint density at radius 2 is 2.05 bits per heavy atom. The molecule has 2 aromatic rings. The van der Waals surface area contributed by atoms with Crippen molar-refractivity contribution in [1.29, 1.82) is 0 Å². The molecule has 1 aliphatic rings. The number of nitrogen functional groups attached to an aromatic ring is 1. The zero-order chi connectivity index (χ0) is 14.3. The van der Waals surface area contributed by atoms with Crippen molar-refractivity contribution in [2.24, 2.45) is 0 Å². The average molecular weight is 273 g/mol. The number of carbonyl (C=O) groups is 1. The van der Waals surface area contributed by atoms with Gasteiger partial charge in [0.2, 0.25) is 0 Å². The molecule has 1 aliphatic heterocycles. The van der Waals surface area contributed by atoms with Crippen LogP contribution in [0.5, 0.6) is 0 Å². The number of benzene rings is 1. The van der Waals surface area contributed by atoms with E-state index in [1.165, 1.54) is 0 Å². The van der Waals surface area contributed by atoms with Crippen LogP contribution in [0.3, 0.4) is 0 Å². The van der Waals surface area contributed by atoms with Crippen LogP contribution >= 0.6 is 0 Å². The molecule has 0 aliphatic carbocycles. The molecule has 5 nitrogen and oxygen atoms in total. The fourth-order valence-corrected chi connectivity index (χ4v) is 2.83. The summed E-state index contributed by atoms with van der Waals surface area (Å²) in [5.41, 5.74) is 8.03. The Labute approximate surface area is 117 Å². The van der Waals surface area contributed by atoms with Gasteiger partial charge in [-0.05, 0) is 32.0 Å². The third-order valence-electron chi connectivity index (χ3n) is 3.64. The highest BCUT2D eigenvalue weighted by atomic mass is 16.5. The summed E-state index contributed by atoms with van der Waals surface area (Å²) < 4.78 is 5.67. The Bertz CT molecular complexity index is 640. The van der Waals surface area contributed by atoms with E-state index in [4.69, 9.17) is 10.5 Å². The van der Waals surface area contributed by atoms with Crippen LogP contribution in [0.15, 0.2) is 24.4 Å². The van der Waals surface area contributed by atoms with Crippen LogP contribution in [-0.2, 0) is 4.74 Å². The first-order chi connectivity index (χ1) is 9.54. The zero-order valence-corrected chi connectivity index (χ0v) is 11.7. The van der Waals surface area contributed by atoms with Crippen molar-refractivity contribution in [3.8, 4) is 0 Å². The molecule has 0 unspecified atom stereocenters. The molecule has 1 amide bonds. The summed E-state index contributed by atoms with van der Waals surface area (Å²) in [5, 5.41) is 0.913. The van der Waals surface area contributed by atoms with Gasteiger partial charge in [-0.1, -0.05) is 0 Å². The molecule has 0 radical (unpaired) electrons. The fraction of sp³-hybridized carbons (Fsp3) is 0.400. The van der Waals surface area contributed by atoms with E-state index < -0.39 is 0 Å². The summed E-state index contributed by atoms with van der Waals surface area (Å²) in [6.45, 7) is 5.24. The molecule has 3 rings (SSSR count). The lowest BCUT2D eigenvalue weighted by molar-refractivity contribution is -0.0585. The molecule has 0 saturated carbocycles. The van der Waals surface area contributed by atoms with Crippen LogP contribution < -0.4 is 5.73 Å². The van der Waals surface area contributed by atoms with Crippen LogP contribution in [-0.4, -0.2) is 41.1 Å². The molecule has 1 aromatic carbocycles. The molecule has 3 N–H and O–H groups in total. The third kappa shape index (κ3) is 2.25. The van der Waals surface area contributed by atoms with E-state index in [1.54, 1.807) is 6.20 Å². The number of nitrogens with zero attached hydrogens (tertiary/aromatic N) is 1. The predicted octanol–water partition coefficient (Wildman–Crippen LogP) is 2.00. The third-order valence-corrected chi connectivity index (χ3v) is 3.64. The number of anilines is 1. The maximum atomic E-state index is 12.7. The lowest BCUT2D eigenvalue weighted by Crippen LogP contribution is -2.48. The molecular weight excluding hydrogens is 254 g/mol. The number of carbonyl (C=O) groups excluding carboxylic acids is 1. The topological polar surface area (TPSA) is 71.4 Å². The number of rotatable bonds is 1. The van der Waals surface area contributed by atoms with E-state index in [-0.39, 0.29) is 18.1 Å². The van der Waals surface area contributed by atoms with Crippen molar-refractivity contribution < 1.29 is 9.53 Å². The molecule has 20 heavy (non-hydrogen) atoms. The van der Waals surface area contributed by atoms with E-state index in [1.807, 2.05) is 36.9 Å². The van der Waals surface area contributed by atoms with Gasteiger partial charge >= 0.3 is 0 Å². The summed E-state index contributed by atoms with van der Waals surface area (Å²) in [6, 6.07) is 5.55. The molecule has 2 atom stereocenters. The number of H-pyrrole nitrogens is 1. The molecule has 1 aromatic heterocycles. The Morgan fingerprint density at radius 3 is 2.75 bits per heavy atom. The first-order valence-corrected chi connectivity index (χ1v) is 6.86. The molecule has 0 spiro atoms. The monoisotopic (exact) mass is 273 g/mol. The van der Waals surface area contributed by atoms with E-state index in [9.17, 15) is 4.79 Å². The number of hydrogen-bond donors (Lipinski definition) is 2. The summed E-state index contributed by atoms with van der Waals surface area (Å²) in [6.07, 6.45) is 1.91. The Morgan fingerprint density at radius 1 is 1.35 bits per heavy atom. The maximum absolute atomic E-state index is 12.7. The second kappa shape index (κ2) is 4.83. The minimum atomic E-state index is 0.0445. The van der Waals surface area contributed by atoms with Crippen molar-refractivity contribution in [3.05, 3.63) is 30.0 Å². The van der Waals surface area contributed by atoms with Gasteiger partial charge in [-0.15, -0.1) is 0 Å². The van der Waals surface area contributed by atoms with Gasteiger partial charge in [-0.2, -0.15) is 0 Å². The van der Waals surface area contributed by atoms with Crippen LogP contribution in [0.1, 0.15) is 24.2 Å². The SMILES string of the molecule is C[C@@H]1CN(C(=O)c2c[nH]c3cc(N)ccc23)C[C@H](C)O1. The molecule has 2 heterocycles. The van der Waals surface area contributed by atoms with Crippen LogP contribution in [0.25, 0.3) is 10.9 Å². The van der Waals surface area contributed by atoms with Crippen molar-refractivity contribution in [3.63, 3.8) is 0 Å². The summed E-state index contributed by atoms with van der Waals surface area (Å²) in [7, 11) is 0. The molecular formula is C15H19N3O2. The molecule has 1 saturated heterocycles. The number of hydrogen-bond acceptors (Lipinski definition) is 3. The molecule has 5 heteroatoms. The van der Waals surface area contributed by atoms with Crippen LogP contribution in [0, 0.1) is 0 Å².